The van der Waals surface area contributed by atoms with Gasteiger partial charge < -0.3 is 4.90 Å². The van der Waals surface area contributed by atoms with E-state index in [1.54, 1.807) is 12.1 Å². The van der Waals surface area contributed by atoms with Gasteiger partial charge in [0.15, 0.2) is 0 Å². The summed E-state index contributed by atoms with van der Waals surface area (Å²) in [6.07, 6.45) is 0. The van der Waals surface area contributed by atoms with Crippen molar-refractivity contribution >= 4 is 0 Å². The quantitative estimate of drug-likeness (QED) is 0.778. The van der Waals surface area contributed by atoms with Gasteiger partial charge in [-0.25, -0.2) is 4.39 Å². The van der Waals surface area contributed by atoms with E-state index in [1.165, 1.54) is 11.6 Å². The Hall–Kier alpha value is -1.67. The van der Waals surface area contributed by atoms with Gasteiger partial charge >= 0.3 is 0 Å². The first-order chi connectivity index (χ1) is 8.16. The molecule has 0 aromatic heterocycles. The Labute approximate surface area is 102 Å². The second kappa shape index (κ2) is 5.11. The molecule has 0 bridgehead atoms. The summed E-state index contributed by atoms with van der Waals surface area (Å²) < 4.78 is 13.6. The fourth-order valence-corrected chi connectivity index (χ4v) is 1.85. The second-order valence-corrected chi connectivity index (χ2v) is 4.41. The van der Waals surface area contributed by atoms with Crippen LogP contribution in [0.3, 0.4) is 0 Å². The molecule has 0 amide bonds. The molecule has 0 aliphatic heterocycles. The van der Waals surface area contributed by atoms with Crippen LogP contribution in [0.5, 0.6) is 0 Å². The standard InChI is InChI=1S/C15H16FN/c1-17(2)11-12-7-9-13(10-8-12)14-5-3-4-6-15(14)16/h3-10H,11H2,1-2H3. The Morgan fingerprint density at radius 3 is 2.18 bits per heavy atom. The van der Waals surface area contributed by atoms with Crippen molar-refractivity contribution in [2.75, 3.05) is 14.1 Å². The molecule has 2 aromatic rings. The molecule has 0 N–H and O–H groups in total. The number of hydrogen-bond acceptors (Lipinski definition) is 1. The molecule has 2 heteroatoms. The van der Waals surface area contributed by atoms with Crippen LogP contribution in [0.4, 0.5) is 4.39 Å². The van der Waals surface area contributed by atoms with Crippen LogP contribution in [-0.4, -0.2) is 19.0 Å². The van der Waals surface area contributed by atoms with Gasteiger partial charge in [-0.3, -0.25) is 0 Å². The lowest BCUT2D eigenvalue weighted by molar-refractivity contribution is 0.402. The molecule has 17 heavy (non-hydrogen) atoms. The van der Waals surface area contributed by atoms with E-state index in [4.69, 9.17) is 0 Å². The summed E-state index contributed by atoms with van der Waals surface area (Å²) in [5, 5.41) is 0. The predicted molar refractivity (Wildman–Crippen MR) is 69.2 cm³/mol. The Kier molecular flexibility index (Phi) is 3.55. The van der Waals surface area contributed by atoms with Crippen LogP contribution in [0.25, 0.3) is 11.1 Å². The predicted octanol–water partition coefficient (Wildman–Crippen LogP) is 3.55. The average Bonchev–Trinajstić information content (AvgIpc) is 2.30. The molecule has 0 aliphatic carbocycles. The van der Waals surface area contributed by atoms with Crippen molar-refractivity contribution < 1.29 is 4.39 Å². The number of nitrogens with zero attached hydrogens (tertiary/aromatic N) is 1. The molecule has 0 atom stereocenters. The minimum absolute atomic E-state index is 0.173. The molecule has 0 radical (unpaired) electrons. The third-order valence-electron chi connectivity index (χ3n) is 2.64. The number of halogens is 1. The van der Waals surface area contributed by atoms with E-state index < -0.39 is 0 Å². The fraction of sp³-hybridized carbons (Fsp3) is 0.200. The molecule has 0 saturated carbocycles. The Balaban J connectivity index is 2.27. The monoisotopic (exact) mass is 229 g/mol. The van der Waals surface area contributed by atoms with Gasteiger partial charge in [-0.2, -0.15) is 0 Å². The fourth-order valence-electron chi connectivity index (χ4n) is 1.85. The maximum atomic E-state index is 13.6. The lowest BCUT2D eigenvalue weighted by Crippen LogP contribution is -2.10. The zero-order valence-electron chi connectivity index (χ0n) is 10.2. The highest BCUT2D eigenvalue weighted by atomic mass is 19.1. The van der Waals surface area contributed by atoms with Gasteiger partial charge in [0.05, 0.1) is 0 Å². The van der Waals surface area contributed by atoms with Crippen molar-refractivity contribution in [2.45, 2.75) is 6.54 Å². The molecule has 2 aromatic carbocycles. The molecule has 0 spiro atoms. The van der Waals surface area contributed by atoms with Gasteiger partial charge in [-0.1, -0.05) is 42.5 Å². The van der Waals surface area contributed by atoms with Crippen molar-refractivity contribution in [3.8, 4) is 11.1 Å². The molecular formula is C15H16FN. The molecule has 1 nitrogen and oxygen atoms in total. The summed E-state index contributed by atoms with van der Waals surface area (Å²) in [5.74, 6) is -0.173. The van der Waals surface area contributed by atoms with Crippen molar-refractivity contribution in [2.24, 2.45) is 0 Å². The first-order valence-corrected chi connectivity index (χ1v) is 5.65. The van der Waals surface area contributed by atoms with Crippen molar-refractivity contribution in [1.82, 2.24) is 4.90 Å². The van der Waals surface area contributed by atoms with E-state index in [-0.39, 0.29) is 5.82 Å². The minimum Gasteiger partial charge on any atom is -0.305 e. The van der Waals surface area contributed by atoms with Gasteiger partial charge in [0.2, 0.25) is 0 Å². The van der Waals surface area contributed by atoms with Gasteiger partial charge in [0.25, 0.3) is 0 Å². The number of benzene rings is 2. The second-order valence-electron chi connectivity index (χ2n) is 4.41. The van der Waals surface area contributed by atoms with Gasteiger partial charge in [0, 0.05) is 12.1 Å². The van der Waals surface area contributed by atoms with Gasteiger partial charge in [-0.05, 0) is 31.3 Å². The summed E-state index contributed by atoms with van der Waals surface area (Å²) >= 11 is 0. The third kappa shape index (κ3) is 2.92. The first kappa shape index (κ1) is 11.8. The molecule has 0 unspecified atom stereocenters. The van der Waals surface area contributed by atoms with Crippen LogP contribution < -0.4 is 0 Å². The molecule has 2 rings (SSSR count). The lowest BCUT2D eigenvalue weighted by atomic mass is 10.0. The third-order valence-corrected chi connectivity index (χ3v) is 2.64. The molecular weight excluding hydrogens is 213 g/mol. The highest BCUT2D eigenvalue weighted by Gasteiger charge is 2.03. The van der Waals surface area contributed by atoms with Crippen molar-refractivity contribution in [3.05, 3.63) is 59.9 Å². The van der Waals surface area contributed by atoms with E-state index >= 15 is 0 Å². The molecule has 0 saturated heterocycles. The highest BCUT2D eigenvalue weighted by molar-refractivity contribution is 5.64. The summed E-state index contributed by atoms with van der Waals surface area (Å²) in [6.45, 7) is 0.900. The molecule has 0 heterocycles. The van der Waals surface area contributed by atoms with E-state index in [0.717, 1.165) is 12.1 Å². The smallest absolute Gasteiger partial charge is 0.131 e. The summed E-state index contributed by atoms with van der Waals surface area (Å²) in [7, 11) is 4.07. The van der Waals surface area contributed by atoms with Crippen molar-refractivity contribution in [1.29, 1.82) is 0 Å². The SMILES string of the molecule is CN(C)Cc1ccc(-c2ccccc2F)cc1. The van der Waals surface area contributed by atoms with E-state index in [0.29, 0.717) is 5.56 Å². The maximum absolute atomic E-state index is 13.6. The van der Waals surface area contributed by atoms with Gasteiger partial charge in [0.1, 0.15) is 5.82 Å². The Bertz CT molecular complexity index is 489. The van der Waals surface area contributed by atoms with Crippen molar-refractivity contribution in [3.63, 3.8) is 0 Å². The number of hydrogen-bond donors (Lipinski definition) is 0. The minimum atomic E-state index is -0.173. The van der Waals surface area contributed by atoms with E-state index in [2.05, 4.69) is 4.90 Å². The average molecular weight is 229 g/mol. The summed E-state index contributed by atoms with van der Waals surface area (Å²) in [6, 6.07) is 14.9. The molecule has 88 valence electrons. The van der Waals surface area contributed by atoms with E-state index in [9.17, 15) is 4.39 Å². The topological polar surface area (TPSA) is 3.24 Å². The van der Waals surface area contributed by atoms with Crippen LogP contribution >= 0.6 is 0 Å². The largest absolute Gasteiger partial charge is 0.305 e. The maximum Gasteiger partial charge on any atom is 0.131 e. The van der Waals surface area contributed by atoms with Crippen LogP contribution in [0.2, 0.25) is 0 Å². The van der Waals surface area contributed by atoms with Crippen LogP contribution in [0, 0.1) is 5.82 Å². The highest BCUT2D eigenvalue weighted by Crippen LogP contribution is 2.22. The Morgan fingerprint density at radius 2 is 1.59 bits per heavy atom. The van der Waals surface area contributed by atoms with Crippen LogP contribution in [0.1, 0.15) is 5.56 Å². The zero-order valence-corrected chi connectivity index (χ0v) is 10.2. The number of rotatable bonds is 3. The zero-order chi connectivity index (χ0) is 12.3. The van der Waals surface area contributed by atoms with Gasteiger partial charge in [-0.15, -0.1) is 0 Å². The summed E-state index contributed by atoms with van der Waals surface area (Å²) in [4.78, 5) is 2.11. The summed E-state index contributed by atoms with van der Waals surface area (Å²) in [5.41, 5.74) is 2.81. The lowest BCUT2D eigenvalue weighted by Gasteiger charge is -2.10. The van der Waals surface area contributed by atoms with Crippen LogP contribution in [0.15, 0.2) is 48.5 Å². The molecule has 0 fully saturated rings. The molecule has 0 aliphatic rings. The first-order valence-electron chi connectivity index (χ1n) is 5.65. The van der Waals surface area contributed by atoms with Crippen LogP contribution in [-0.2, 0) is 6.54 Å². The normalized spacial score (nSPS) is 10.8. The van der Waals surface area contributed by atoms with E-state index in [1.807, 2.05) is 44.4 Å². The Morgan fingerprint density at radius 1 is 0.941 bits per heavy atom.